The first-order valence-electron chi connectivity index (χ1n) is 6.35. The molecule has 1 rings (SSSR count). The summed E-state index contributed by atoms with van der Waals surface area (Å²) in [6.07, 6.45) is 0.413. The molecule has 0 saturated carbocycles. The van der Waals surface area contributed by atoms with Crippen LogP contribution in [0.1, 0.15) is 20.3 Å². The Labute approximate surface area is 114 Å². The molecule has 19 heavy (non-hydrogen) atoms. The molecule has 108 valence electrons. The van der Waals surface area contributed by atoms with Gasteiger partial charge in [0, 0.05) is 13.1 Å². The minimum absolute atomic E-state index is 0.0654. The summed E-state index contributed by atoms with van der Waals surface area (Å²) in [5.41, 5.74) is 0. The van der Waals surface area contributed by atoms with E-state index in [0.717, 1.165) is 0 Å². The number of benzene rings is 1. The van der Waals surface area contributed by atoms with E-state index < -0.39 is 10.0 Å². The van der Waals surface area contributed by atoms with Crippen molar-refractivity contribution in [3.63, 3.8) is 0 Å². The summed E-state index contributed by atoms with van der Waals surface area (Å²) in [5.74, 6) is 0.286. The van der Waals surface area contributed by atoms with E-state index in [1.54, 1.807) is 0 Å². The Morgan fingerprint density at radius 2 is 1.74 bits per heavy atom. The highest BCUT2D eigenvalue weighted by Crippen LogP contribution is 2.11. The number of hydrogen-bond acceptors (Lipinski definition) is 3. The van der Waals surface area contributed by atoms with Crippen LogP contribution in [0.25, 0.3) is 0 Å². The van der Waals surface area contributed by atoms with Crippen molar-refractivity contribution >= 4 is 10.0 Å². The van der Waals surface area contributed by atoms with Crippen molar-refractivity contribution in [2.75, 3.05) is 25.4 Å². The van der Waals surface area contributed by atoms with Gasteiger partial charge in [-0.05, 0) is 30.7 Å². The second-order valence-corrected chi connectivity index (χ2v) is 6.14. The molecule has 1 aromatic carbocycles. The largest absolute Gasteiger partial charge is 0.494 e. The van der Waals surface area contributed by atoms with Crippen molar-refractivity contribution < 1.29 is 17.5 Å². The zero-order valence-corrected chi connectivity index (χ0v) is 12.1. The molecule has 0 saturated heterocycles. The normalized spacial score (nSPS) is 11.8. The van der Waals surface area contributed by atoms with E-state index in [1.165, 1.54) is 28.6 Å². The van der Waals surface area contributed by atoms with Crippen LogP contribution in [0.5, 0.6) is 5.75 Å². The van der Waals surface area contributed by atoms with Gasteiger partial charge in [-0.2, -0.15) is 0 Å². The molecule has 0 aromatic heterocycles. The standard InChI is InChI=1S/C13H20FNO3S/c1-3-15(4-2)19(16,17)11-5-10-18-13-8-6-12(14)7-9-13/h6-9H,3-5,10-11H2,1-2H3. The van der Waals surface area contributed by atoms with Crippen molar-refractivity contribution in [2.24, 2.45) is 0 Å². The van der Waals surface area contributed by atoms with E-state index in [4.69, 9.17) is 4.74 Å². The van der Waals surface area contributed by atoms with Gasteiger partial charge in [-0.25, -0.2) is 17.1 Å². The van der Waals surface area contributed by atoms with Crippen LogP contribution in [-0.2, 0) is 10.0 Å². The van der Waals surface area contributed by atoms with E-state index >= 15 is 0 Å². The molecule has 0 aliphatic heterocycles. The fourth-order valence-electron chi connectivity index (χ4n) is 1.71. The maximum atomic E-state index is 12.7. The number of halogens is 1. The fraction of sp³-hybridized carbons (Fsp3) is 0.538. The molecule has 4 nitrogen and oxygen atoms in total. The van der Waals surface area contributed by atoms with Gasteiger partial charge in [0.05, 0.1) is 12.4 Å². The third-order valence-electron chi connectivity index (χ3n) is 2.73. The first-order chi connectivity index (χ1) is 8.99. The molecule has 0 N–H and O–H groups in total. The van der Waals surface area contributed by atoms with Crippen LogP contribution >= 0.6 is 0 Å². The Morgan fingerprint density at radius 3 is 2.26 bits per heavy atom. The number of rotatable bonds is 8. The molecule has 0 atom stereocenters. The zero-order valence-electron chi connectivity index (χ0n) is 11.3. The van der Waals surface area contributed by atoms with E-state index in [2.05, 4.69) is 0 Å². The summed E-state index contributed by atoms with van der Waals surface area (Å²) in [6, 6.07) is 5.66. The Hall–Kier alpha value is -1.14. The van der Waals surface area contributed by atoms with Crippen molar-refractivity contribution in [1.82, 2.24) is 4.31 Å². The summed E-state index contributed by atoms with van der Waals surface area (Å²) in [4.78, 5) is 0. The molecular formula is C13H20FNO3S. The van der Waals surface area contributed by atoms with E-state index in [-0.39, 0.29) is 11.6 Å². The maximum absolute atomic E-state index is 12.7. The van der Waals surface area contributed by atoms with Gasteiger partial charge >= 0.3 is 0 Å². The lowest BCUT2D eigenvalue weighted by Crippen LogP contribution is -2.33. The SMILES string of the molecule is CCN(CC)S(=O)(=O)CCCOc1ccc(F)cc1. The summed E-state index contributed by atoms with van der Waals surface area (Å²) in [7, 11) is -3.19. The van der Waals surface area contributed by atoms with Crippen LogP contribution in [0.15, 0.2) is 24.3 Å². The van der Waals surface area contributed by atoms with Crippen molar-refractivity contribution in [3.8, 4) is 5.75 Å². The van der Waals surface area contributed by atoms with Crippen LogP contribution in [0, 0.1) is 5.82 Å². The molecule has 0 fully saturated rings. The molecule has 6 heteroatoms. The third-order valence-corrected chi connectivity index (χ3v) is 4.84. The lowest BCUT2D eigenvalue weighted by Gasteiger charge is -2.18. The highest BCUT2D eigenvalue weighted by atomic mass is 32.2. The van der Waals surface area contributed by atoms with Crippen molar-refractivity contribution in [3.05, 3.63) is 30.1 Å². The van der Waals surface area contributed by atoms with Crippen molar-refractivity contribution in [1.29, 1.82) is 0 Å². The predicted molar refractivity (Wildman–Crippen MR) is 73.2 cm³/mol. The Balaban J connectivity index is 2.36. The minimum Gasteiger partial charge on any atom is -0.494 e. The zero-order chi connectivity index (χ0) is 14.3. The average molecular weight is 289 g/mol. The highest BCUT2D eigenvalue weighted by Gasteiger charge is 2.17. The summed E-state index contributed by atoms with van der Waals surface area (Å²) in [6.45, 7) is 4.90. The Morgan fingerprint density at radius 1 is 1.16 bits per heavy atom. The molecule has 0 aliphatic carbocycles. The monoisotopic (exact) mass is 289 g/mol. The topological polar surface area (TPSA) is 46.6 Å². The fourth-order valence-corrected chi connectivity index (χ4v) is 3.24. The molecule has 0 aliphatic rings. The van der Waals surface area contributed by atoms with Gasteiger partial charge in [-0.1, -0.05) is 13.8 Å². The first-order valence-corrected chi connectivity index (χ1v) is 7.96. The number of nitrogens with zero attached hydrogens (tertiary/aromatic N) is 1. The summed E-state index contributed by atoms with van der Waals surface area (Å²) in [5, 5.41) is 0. The van der Waals surface area contributed by atoms with Gasteiger partial charge in [-0.3, -0.25) is 0 Å². The second kappa shape index (κ2) is 7.45. The van der Waals surface area contributed by atoms with Gasteiger partial charge in [0.2, 0.25) is 10.0 Å². The minimum atomic E-state index is -3.19. The van der Waals surface area contributed by atoms with Crippen LogP contribution in [0.2, 0.25) is 0 Å². The Kier molecular flexibility index (Phi) is 6.24. The number of hydrogen-bond donors (Lipinski definition) is 0. The summed E-state index contributed by atoms with van der Waals surface area (Å²) < 4.78 is 43.2. The lowest BCUT2D eigenvalue weighted by molar-refractivity contribution is 0.315. The molecule has 0 heterocycles. The molecule has 0 unspecified atom stereocenters. The quantitative estimate of drug-likeness (QED) is 0.690. The first kappa shape index (κ1) is 15.9. The predicted octanol–water partition coefficient (Wildman–Crippen LogP) is 2.27. The lowest BCUT2D eigenvalue weighted by atomic mass is 10.3. The Bertz CT molecular complexity index is 469. The van der Waals surface area contributed by atoms with Gasteiger partial charge in [0.15, 0.2) is 0 Å². The van der Waals surface area contributed by atoms with Crippen LogP contribution < -0.4 is 4.74 Å². The molecule has 0 amide bonds. The van der Waals surface area contributed by atoms with Gasteiger partial charge < -0.3 is 4.74 Å². The van der Waals surface area contributed by atoms with E-state index in [0.29, 0.717) is 31.9 Å². The number of sulfonamides is 1. The van der Waals surface area contributed by atoms with Crippen LogP contribution in [0.4, 0.5) is 4.39 Å². The van der Waals surface area contributed by atoms with E-state index in [9.17, 15) is 12.8 Å². The van der Waals surface area contributed by atoms with Crippen LogP contribution in [-0.4, -0.2) is 38.2 Å². The van der Waals surface area contributed by atoms with Gasteiger partial charge in [0.25, 0.3) is 0 Å². The smallest absolute Gasteiger partial charge is 0.214 e. The highest BCUT2D eigenvalue weighted by molar-refractivity contribution is 7.89. The number of ether oxygens (including phenoxy) is 1. The summed E-state index contributed by atoms with van der Waals surface area (Å²) >= 11 is 0. The average Bonchev–Trinajstić information content (AvgIpc) is 2.38. The molecule has 0 bridgehead atoms. The molecule has 0 spiro atoms. The van der Waals surface area contributed by atoms with Crippen LogP contribution in [0.3, 0.4) is 0 Å². The molecular weight excluding hydrogens is 269 g/mol. The molecule has 1 aromatic rings. The van der Waals surface area contributed by atoms with Gasteiger partial charge in [-0.15, -0.1) is 0 Å². The van der Waals surface area contributed by atoms with Gasteiger partial charge in [0.1, 0.15) is 11.6 Å². The van der Waals surface area contributed by atoms with Crippen molar-refractivity contribution in [2.45, 2.75) is 20.3 Å². The van der Waals surface area contributed by atoms with E-state index in [1.807, 2.05) is 13.8 Å². The second-order valence-electron chi connectivity index (χ2n) is 4.06. The maximum Gasteiger partial charge on any atom is 0.214 e. The third kappa shape index (κ3) is 5.16. The molecule has 0 radical (unpaired) electrons.